The van der Waals surface area contributed by atoms with Crippen molar-refractivity contribution < 1.29 is 10.2 Å². The number of aromatic hydroxyl groups is 2. The molecule has 3 N–H and O–H groups in total. The molecule has 3 aromatic rings. The van der Waals surface area contributed by atoms with E-state index < -0.39 is 0 Å². The number of phenols is 2. The van der Waals surface area contributed by atoms with Gasteiger partial charge in [-0.15, -0.1) is 0 Å². The highest BCUT2D eigenvalue weighted by Crippen LogP contribution is 2.36. The van der Waals surface area contributed by atoms with Crippen LogP contribution in [-0.4, -0.2) is 20.4 Å². The molecular weight excluding hydrogens is 216 g/mol. The zero-order valence-electron chi connectivity index (χ0n) is 8.88. The second kappa shape index (κ2) is 3.52. The number of hydrogen-bond acceptors (Lipinski definition) is 3. The van der Waals surface area contributed by atoms with Gasteiger partial charge >= 0.3 is 0 Å². The quantitative estimate of drug-likeness (QED) is 0.597. The molecule has 0 saturated carbocycles. The molecule has 84 valence electrons. The van der Waals surface area contributed by atoms with Crippen LogP contribution in [-0.2, 0) is 0 Å². The Kier molecular flexibility index (Phi) is 2.01. The van der Waals surface area contributed by atoms with Crippen molar-refractivity contribution in [3.63, 3.8) is 0 Å². The third kappa shape index (κ3) is 1.50. The molecule has 1 aromatic heterocycles. The van der Waals surface area contributed by atoms with Gasteiger partial charge in [0.05, 0.1) is 11.7 Å². The van der Waals surface area contributed by atoms with Crippen molar-refractivity contribution >= 4 is 10.9 Å². The van der Waals surface area contributed by atoms with E-state index in [9.17, 15) is 10.2 Å². The number of nitrogens with one attached hydrogen (secondary N) is 1. The molecule has 4 nitrogen and oxygen atoms in total. The molecule has 0 amide bonds. The zero-order valence-corrected chi connectivity index (χ0v) is 8.88. The topological polar surface area (TPSA) is 69.1 Å². The van der Waals surface area contributed by atoms with E-state index in [1.165, 1.54) is 0 Å². The van der Waals surface area contributed by atoms with E-state index in [-0.39, 0.29) is 11.5 Å². The minimum atomic E-state index is 0.169. The van der Waals surface area contributed by atoms with E-state index in [4.69, 9.17) is 0 Å². The number of rotatable bonds is 1. The molecule has 1 heterocycles. The molecule has 4 heteroatoms. The second-order valence-corrected chi connectivity index (χ2v) is 3.84. The van der Waals surface area contributed by atoms with Gasteiger partial charge in [0.2, 0.25) is 0 Å². The lowest BCUT2D eigenvalue weighted by molar-refractivity contribution is 0.474. The van der Waals surface area contributed by atoms with Crippen LogP contribution in [0.2, 0.25) is 0 Å². The van der Waals surface area contributed by atoms with E-state index in [1.807, 2.05) is 6.07 Å². The van der Waals surface area contributed by atoms with Gasteiger partial charge in [0.25, 0.3) is 0 Å². The number of phenolic OH excluding ortho intramolecular Hbond substituents is 2. The number of aromatic amines is 1. The van der Waals surface area contributed by atoms with Gasteiger partial charge in [-0.3, -0.25) is 5.10 Å². The van der Waals surface area contributed by atoms with Crippen molar-refractivity contribution in [2.24, 2.45) is 0 Å². The maximum absolute atomic E-state index is 9.95. The smallest absolute Gasteiger partial charge is 0.124 e. The minimum absolute atomic E-state index is 0.169. The van der Waals surface area contributed by atoms with Gasteiger partial charge in [-0.05, 0) is 29.8 Å². The summed E-state index contributed by atoms with van der Waals surface area (Å²) in [5.41, 5.74) is 2.28. The van der Waals surface area contributed by atoms with Crippen LogP contribution in [0.5, 0.6) is 11.5 Å². The molecular formula is C13H10N2O2. The SMILES string of the molecule is Oc1cccc(-c2c(O)ccc3[nH]ncc23)c1. The second-order valence-electron chi connectivity index (χ2n) is 3.84. The van der Waals surface area contributed by atoms with E-state index in [0.29, 0.717) is 5.56 Å². The monoisotopic (exact) mass is 226 g/mol. The van der Waals surface area contributed by atoms with Gasteiger partial charge in [-0.25, -0.2) is 0 Å². The number of fused-ring (bicyclic) bond motifs is 1. The van der Waals surface area contributed by atoms with Crippen LogP contribution >= 0.6 is 0 Å². The van der Waals surface area contributed by atoms with Crippen LogP contribution in [0, 0.1) is 0 Å². The number of nitrogens with zero attached hydrogens (tertiary/aromatic N) is 1. The lowest BCUT2D eigenvalue weighted by atomic mass is 10.0. The lowest BCUT2D eigenvalue weighted by Gasteiger charge is -2.06. The number of aromatic nitrogens is 2. The van der Waals surface area contributed by atoms with Gasteiger partial charge < -0.3 is 10.2 Å². The van der Waals surface area contributed by atoms with Crippen molar-refractivity contribution in [1.29, 1.82) is 0 Å². The standard InChI is InChI=1S/C13H10N2O2/c16-9-3-1-2-8(6-9)13-10-7-14-15-11(10)4-5-12(13)17/h1-7,16-17H,(H,14,15). The molecule has 0 atom stereocenters. The van der Waals surface area contributed by atoms with Crippen molar-refractivity contribution in [2.45, 2.75) is 0 Å². The van der Waals surface area contributed by atoms with E-state index in [0.717, 1.165) is 16.5 Å². The Morgan fingerprint density at radius 2 is 1.94 bits per heavy atom. The normalized spacial score (nSPS) is 10.8. The van der Waals surface area contributed by atoms with Gasteiger partial charge in [0, 0.05) is 10.9 Å². The Balaban J connectivity index is 2.36. The molecule has 0 saturated heterocycles. The van der Waals surface area contributed by atoms with Crippen LogP contribution in [0.1, 0.15) is 0 Å². The van der Waals surface area contributed by atoms with Gasteiger partial charge in [0.1, 0.15) is 11.5 Å². The van der Waals surface area contributed by atoms with Crippen molar-refractivity contribution in [2.75, 3.05) is 0 Å². The fraction of sp³-hybridized carbons (Fsp3) is 0. The fourth-order valence-electron chi connectivity index (χ4n) is 1.97. The van der Waals surface area contributed by atoms with Crippen molar-refractivity contribution in [1.82, 2.24) is 10.2 Å². The van der Waals surface area contributed by atoms with E-state index in [2.05, 4.69) is 10.2 Å². The first kappa shape index (κ1) is 9.72. The average molecular weight is 226 g/mol. The third-order valence-corrected chi connectivity index (χ3v) is 2.74. The van der Waals surface area contributed by atoms with E-state index >= 15 is 0 Å². The Morgan fingerprint density at radius 1 is 1.06 bits per heavy atom. The van der Waals surface area contributed by atoms with Gasteiger partial charge in [-0.2, -0.15) is 5.10 Å². The van der Waals surface area contributed by atoms with Crippen LogP contribution in [0.3, 0.4) is 0 Å². The van der Waals surface area contributed by atoms with E-state index in [1.54, 1.807) is 36.5 Å². The van der Waals surface area contributed by atoms with Crippen LogP contribution < -0.4 is 0 Å². The maximum Gasteiger partial charge on any atom is 0.124 e. The summed E-state index contributed by atoms with van der Waals surface area (Å²) < 4.78 is 0. The summed E-state index contributed by atoms with van der Waals surface area (Å²) in [6.07, 6.45) is 1.66. The highest BCUT2D eigenvalue weighted by atomic mass is 16.3. The highest BCUT2D eigenvalue weighted by Gasteiger charge is 2.10. The molecule has 0 fully saturated rings. The first-order valence-corrected chi connectivity index (χ1v) is 5.20. The summed E-state index contributed by atoms with van der Waals surface area (Å²) in [6, 6.07) is 10.2. The predicted octanol–water partition coefficient (Wildman–Crippen LogP) is 2.64. The number of H-pyrrole nitrogens is 1. The molecule has 2 aromatic carbocycles. The molecule has 17 heavy (non-hydrogen) atoms. The van der Waals surface area contributed by atoms with Crippen LogP contribution in [0.15, 0.2) is 42.6 Å². The molecule has 0 radical (unpaired) electrons. The maximum atomic E-state index is 9.95. The molecule has 0 spiro atoms. The van der Waals surface area contributed by atoms with Crippen molar-refractivity contribution in [3.05, 3.63) is 42.6 Å². The Bertz CT molecular complexity index is 689. The summed E-state index contributed by atoms with van der Waals surface area (Å²) in [4.78, 5) is 0. The Morgan fingerprint density at radius 3 is 2.76 bits per heavy atom. The summed E-state index contributed by atoms with van der Waals surface area (Å²) in [7, 11) is 0. The molecule has 0 aliphatic rings. The molecule has 0 aliphatic heterocycles. The van der Waals surface area contributed by atoms with Gasteiger partial charge in [-0.1, -0.05) is 12.1 Å². The van der Waals surface area contributed by atoms with Crippen LogP contribution in [0.25, 0.3) is 22.0 Å². The molecule has 0 bridgehead atoms. The van der Waals surface area contributed by atoms with Gasteiger partial charge in [0.15, 0.2) is 0 Å². The first-order chi connectivity index (χ1) is 8.25. The lowest BCUT2D eigenvalue weighted by Crippen LogP contribution is -1.81. The first-order valence-electron chi connectivity index (χ1n) is 5.20. The molecule has 0 aliphatic carbocycles. The zero-order chi connectivity index (χ0) is 11.8. The molecule has 0 unspecified atom stereocenters. The van der Waals surface area contributed by atoms with Crippen LogP contribution in [0.4, 0.5) is 0 Å². The largest absolute Gasteiger partial charge is 0.508 e. The summed E-state index contributed by atoms with van der Waals surface area (Å²) in [5.74, 6) is 0.340. The Hall–Kier alpha value is -2.49. The number of hydrogen-bond donors (Lipinski definition) is 3. The average Bonchev–Trinajstić information content (AvgIpc) is 2.76. The predicted molar refractivity (Wildman–Crippen MR) is 64.9 cm³/mol. The summed E-state index contributed by atoms with van der Waals surface area (Å²) in [5, 5.41) is 27.1. The Labute approximate surface area is 97.2 Å². The number of benzene rings is 2. The highest BCUT2D eigenvalue weighted by molar-refractivity contribution is 5.97. The third-order valence-electron chi connectivity index (χ3n) is 2.74. The summed E-state index contributed by atoms with van der Waals surface area (Å²) >= 11 is 0. The van der Waals surface area contributed by atoms with Crippen molar-refractivity contribution in [3.8, 4) is 22.6 Å². The minimum Gasteiger partial charge on any atom is -0.508 e. The summed E-state index contributed by atoms with van der Waals surface area (Å²) in [6.45, 7) is 0. The molecule has 3 rings (SSSR count). The fourth-order valence-corrected chi connectivity index (χ4v) is 1.97.